The number of sulfonamides is 1. The van der Waals surface area contributed by atoms with Crippen LogP contribution in [0.15, 0.2) is 11.0 Å². The van der Waals surface area contributed by atoms with Gasteiger partial charge in [0, 0.05) is 13.0 Å². The van der Waals surface area contributed by atoms with Crippen LogP contribution in [0.2, 0.25) is 0 Å². The van der Waals surface area contributed by atoms with E-state index in [0.717, 1.165) is 28.3 Å². The fraction of sp³-hybridized carbons (Fsp3) is 0.619. The summed E-state index contributed by atoms with van der Waals surface area (Å²) in [5, 5.41) is 12.6. The van der Waals surface area contributed by atoms with E-state index in [1.165, 1.54) is 0 Å². The van der Waals surface area contributed by atoms with Gasteiger partial charge < -0.3 is 15.2 Å². The van der Waals surface area contributed by atoms with E-state index in [1.54, 1.807) is 13.8 Å². The lowest BCUT2D eigenvalue weighted by atomic mass is 10.0. The van der Waals surface area contributed by atoms with Crippen LogP contribution in [0.4, 0.5) is 0 Å². The van der Waals surface area contributed by atoms with Crippen LogP contribution in [0.25, 0.3) is 0 Å². The molecule has 1 aromatic carbocycles. The number of carbonyl (C=O) groups is 2. The van der Waals surface area contributed by atoms with Crippen molar-refractivity contribution >= 4 is 21.9 Å². The van der Waals surface area contributed by atoms with E-state index in [-0.39, 0.29) is 24.4 Å². The molecule has 2 atom stereocenters. The number of aryl methyl sites for hydroxylation is 2. The largest absolute Gasteiger partial charge is 0.464 e. The maximum Gasteiger partial charge on any atom is 0.325 e. The molecule has 2 N–H and O–H groups in total. The van der Waals surface area contributed by atoms with Crippen LogP contribution in [0.5, 0.6) is 0 Å². The zero-order valence-corrected chi connectivity index (χ0v) is 18.7. The lowest BCUT2D eigenvalue weighted by molar-refractivity contribution is -0.144. The Bertz CT molecular complexity index is 928. The van der Waals surface area contributed by atoms with Gasteiger partial charge >= 0.3 is 5.97 Å². The molecule has 1 saturated carbocycles. The predicted molar refractivity (Wildman–Crippen MR) is 110 cm³/mol. The zero-order valence-electron chi connectivity index (χ0n) is 17.9. The fourth-order valence-electron chi connectivity index (χ4n) is 3.80. The number of rotatable bonds is 7. The molecule has 0 spiro atoms. The normalized spacial score (nSPS) is 22.2. The molecule has 0 bridgehead atoms. The van der Waals surface area contributed by atoms with Gasteiger partial charge in [-0.25, -0.2) is 8.42 Å². The Labute approximate surface area is 177 Å². The summed E-state index contributed by atoms with van der Waals surface area (Å²) < 4.78 is 33.2. The molecule has 9 heteroatoms. The highest BCUT2D eigenvalue weighted by Crippen LogP contribution is 2.33. The summed E-state index contributed by atoms with van der Waals surface area (Å²) in [7, 11) is -4.03. The van der Waals surface area contributed by atoms with Gasteiger partial charge in [0.05, 0.1) is 17.6 Å². The maximum atomic E-state index is 13.5. The van der Waals surface area contributed by atoms with Crippen LogP contribution in [0, 0.1) is 33.6 Å². The van der Waals surface area contributed by atoms with Crippen molar-refractivity contribution in [3.63, 3.8) is 0 Å². The van der Waals surface area contributed by atoms with Crippen molar-refractivity contribution < 1.29 is 27.9 Å². The first-order chi connectivity index (χ1) is 14.0. The van der Waals surface area contributed by atoms with Crippen molar-refractivity contribution in [3.8, 4) is 0 Å². The summed E-state index contributed by atoms with van der Waals surface area (Å²) >= 11 is 0. The third kappa shape index (κ3) is 4.68. The van der Waals surface area contributed by atoms with Crippen molar-refractivity contribution in [2.24, 2.45) is 5.92 Å². The minimum atomic E-state index is -4.03. The Hall–Kier alpha value is -1.97. The number of nitrogens with zero attached hydrogens (tertiary/aromatic N) is 1. The van der Waals surface area contributed by atoms with Crippen LogP contribution >= 0.6 is 0 Å². The molecule has 1 aromatic rings. The number of hydrogen-bond donors (Lipinski definition) is 2. The zero-order chi connectivity index (χ0) is 22.2. The minimum absolute atomic E-state index is 0.0227. The van der Waals surface area contributed by atoms with Gasteiger partial charge in [-0.15, -0.1) is 0 Å². The summed E-state index contributed by atoms with van der Waals surface area (Å²) in [5.74, 6) is -0.748. The van der Waals surface area contributed by atoms with E-state index in [2.05, 4.69) is 5.32 Å². The highest BCUT2D eigenvalue weighted by molar-refractivity contribution is 7.89. The molecular weight excluding hydrogens is 408 g/mol. The summed E-state index contributed by atoms with van der Waals surface area (Å²) in [6.45, 7) is 7.03. The Morgan fingerprint density at radius 3 is 2.33 bits per heavy atom. The van der Waals surface area contributed by atoms with Gasteiger partial charge in [-0.2, -0.15) is 4.31 Å². The molecule has 0 radical (unpaired) electrons. The molecule has 1 aliphatic heterocycles. The lowest BCUT2D eigenvalue weighted by Crippen LogP contribution is -2.47. The van der Waals surface area contributed by atoms with Crippen LogP contribution < -0.4 is 5.32 Å². The molecule has 3 rings (SSSR count). The van der Waals surface area contributed by atoms with Gasteiger partial charge in [0.15, 0.2) is 0 Å². The number of nitrogens with one attached hydrogen (secondary N) is 1. The lowest BCUT2D eigenvalue weighted by Gasteiger charge is -2.26. The second kappa shape index (κ2) is 8.64. The van der Waals surface area contributed by atoms with E-state index in [1.807, 2.05) is 19.9 Å². The number of amides is 1. The molecule has 1 saturated heterocycles. The standard InChI is InChI=1S/C21H30N2O6S/c1-12-7-13(2)15(4)20(14(12)3)30(27,28)23-10-17(24)8-18(23)21(26)22-9-19(25)29-11-16-5-6-16/h7,16-18,24H,5-6,8-11H2,1-4H3,(H,22,26)/t17?,18-/m0/s1. The molecule has 2 fully saturated rings. The Morgan fingerprint density at radius 1 is 1.17 bits per heavy atom. The van der Waals surface area contributed by atoms with Crippen molar-refractivity contribution in [2.45, 2.75) is 64.0 Å². The average molecular weight is 439 g/mol. The van der Waals surface area contributed by atoms with Crippen LogP contribution in [0.3, 0.4) is 0 Å². The van der Waals surface area contributed by atoms with Gasteiger partial charge in [-0.1, -0.05) is 6.07 Å². The number of aliphatic hydroxyl groups is 1. The number of carbonyl (C=O) groups excluding carboxylic acids is 2. The van der Waals surface area contributed by atoms with Crippen molar-refractivity contribution in [1.29, 1.82) is 0 Å². The first-order valence-electron chi connectivity index (χ1n) is 10.2. The van der Waals surface area contributed by atoms with E-state index in [9.17, 15) is 23.1 Å². The molecule has 1 unspecified atom stereocenters. The van der Waals surface area contributed by atoms with Crippen LogP contribution in [-0.4, -0.2) is 61.5 Å². The highest BCUT2D eigenvalue weighted by atomic mass is 32.2. The van der Waals surface area contributed by atoms with E-state index < -0.39 is 34.0 Å². The number of β-amino-alcohol motifs (C(OH)–C–C–N with tert-alkyl or cyclic N) is 1. The minimum Gasteiger partial charge on any atom is -0.464 e. The van der Waals surface area contributed by atoms with Gasteiger partial charge in [-0.05, 0) is 68.7 Å². The quantitative estimate of drug-likeness (QED) is 0.617. The summed E-state index contributed by atoms with van der Waals surface area (Å²) in [4.78, 5) is 24.7. The van der Waals surface area contributed by atoms with Crippen LogP contribution in [0.1, 0.15) is 41.5 Å². The molecule has 166 valence electrons. The molecule has 0 aromatic heterocycles. The second-order valence-corrected chi connectivity index (χ2v) is 10.2. The summed E-state index contributed by atoms with van der Waals surface area (Å²) in [6.07, 6.45) is 1.11. The first-order valence-corrected chi connectivity index (χ1v) is 11.7. The monoisotopic (exact) mass is 438 g/mol. The number of benzene rings is 1. The molecule has 1 heterocycles. The number of hydrogen-bond acceptors (Lipinski definition) is 6. The fourth-order valence-corrected chi connectivity index (χ4v) is 6.01. The van der Waals surface area contributed by atoms with E-state index in [4.69, 9.17) is 4.74 Å². The molecule has 30 heavy (non-hydrogen) atoms. The highest BCUT2D eigenvalue weighted by Gasteiger charge is 2.44. The Kier molecular flexibility index (Phi) is 6.54. The third-order valence-electron chi connectivity index (χ3n) is 5.98. The Morgan fingerprint density at radius 2 is 1.77 bits per heavy atom. The molecular formula is C21H30N2O6S. The number of ether oxygens (including phenoxy) is 1. The summed E-state index contributed by atoms with van der Waals surface area (Å²) in [5.41, 5.74) is 2.94. The van der Waals surface area contributed by atoms with Crippen molar-refractivity contribution in [1.82, 2.24) is 9.62 Å². The van der Waals surface area contributed by atoms with Gasteiger partial charge in [0.2, 0.25) is 15.9 Å². The number of esters is 1. The maximum absolute atomic E-state index is 13.5. The summed E-state index contributed by atoms with van der Waals surface area (Å²) in [6, 6.07) is 0.848. The molecule has 1 aliphatic carbocycles. The van der Waals surface area contributed by atoms with E-state index in [0.29, 0.717) is 23.7 Å². The van der Waals surface area contributed by atoms with Crippen molar-refractivity contribution in [3.05, 3.63) is 28.3 Å². The Balaban J connectivity index is 1.78. The van der Waals surface area contributed by atoms with Gasteiger partial charge in [0.1, 0.15) is 12.6 Å². The van der Waals surface area contributed by atoms with Crippen LogP contribution in [-0.2, 0) is 24.3 Å². The topological polar surface area (TPSA) is 113 Å². The number of aliphatic hydroxyl groups excluding tert-OH is 1. The van der Waals surface area contributed by atoms with Crippen molar-refractivity contribution in [2.75, 3.05) is 19.7 Å². The van der Waals surface area contributed by atoms with Gasteiger partial charge in [0.25, 0.3) is 0 Å². The first kappa shape index (κ1) is 22.7. The van der Waals surface area contributed by atoms with Gasteiger partial charge in [-0.3, -0.25) is 9.59 Å². The smallest absolute Gasteiger partial charge is 0.325 e. The average Bonchev–Trinajstić information content (AvgIpc) is 3.42. The van der Waals surface area contributed by atoms with E-state index >= 15 is 0 Å². The molecule has 8 nitrogen and oxygen atoms in total. The second-order valence-electron chi connectivity index (χ2n) is 8.41. The molecule has 2 aliphatic rings. The molecule has 1 amide bonds. The predicted octanol–water partition coefficient (Wildman–Crippen LogP) is 1.11. The SMILES string of the molecule is Cc1cc(C)c(C)c(S(=O)(=O)N2CC(O)C[C@H]2C(=O)NCC(=O)OCC2CC2)c1C. The third-order valence-corrected chi connectivity index (χ3v) is 8.13.